The van der Waals surface area contributed by atoms with E-state index in [9.17, 15) is 9.18 Å². The second-order valence-corrected chi connectivity index (χ2v) is 7.08. The van der Waals surface area contributed by atoms with Crippen LogP contribution >= 0.6 is 0 Å². The zero-order chi connectivity index (χ0) is 18.1. The molecule has 2 saturated heterocycles. The van der Waals surface area contributed by atoms with Crippen LogP contribution < -0.4 is 10.2 Å². The maximum Gasteiger partial charge on any atom is 0.227 e. The van der Waals surface area contributed by atoms with Crippen LogP contribution in [0, 0.1) is 11.7 Å². The molecule has 2 aromatic rings. The van der Waals surface area contributed by atoms with Crippen molar-refractivity contribution in [1.82, 2.24) is 20.0 Å². The van der Waals surface area contributed by atoms with Gasteiger partial charge in [-0.3, -0.25) is 9.48 Å². The smallest absolute Gasteiger partial charge is 0.227 e. The molecule has 1 amide bonds. The van der Waals surface area contributed by atoms with Gasteiger partial charge in [-0.2, -0.15) is 5.10 Å². The average Bonchev–Trinajstić information content (AvgIpc) is 3.30. The number of carbonyl (C=O) groups excluding carboxylic acids is 1. The van der Waals surface area contributed by atoms with Crippen LogP contribution in [0.2, 0.25) is 0 Å². The van der Waals surface area contributed by atoms with Crippen LogP contribution in [-0.2, 0) is 11.8 Å². The minimum atomic E-state index is -0.205. The van der Waals surface area contributed by atoms with E-state index in [4.69, 9.17) is 0 Å². The lowest BCUT2D eigenvalue weighted by atomic mass is 9.89. The molecule has 2 aliphatic rings. The summed E-state index contributed by atoms with van der Waals surface area (Å²) in [5.74, 6) is 0.0981. The number of aryl methyl sites for hydroxylation is 1. The zero-order valence-electron chi connectivity index (χ0n) is 14.9. The molecular weight excluding hydrogens is 333 g/mol. The number of amides is 1. The van der Waals surface area contributed by atoms with E-state index in [1.807, 2.05) is 35.3 Å². The maximum atomic E-state index is 14.0. The first kappa shape index (κ1) is 17.0. The Bertz CT molecular complexity index is 784. The number of carbonyl (C=O) groups is 1. The Hall–Kier alpha value is -2.41. The fourth-order valence-corrected chi connectivity index (χ4v) is 4.03. The highest BCUT2D eigenvalue weighted by Crippen LogP contribution is 2.30. The monoisotopic (exact) mass is 357 g/mol. The first-order valence-electron chi connectivity index (χ1n) is 9.11. The van der Waals surface area contributed by atoms with E-state index in [0.717, 1.165) is 12.1 Å². The fourth-order valence-electron chi connectivity index (χ4n) is 4.03. The second-order valence-electron chi connectivity index (χ2n) is 7.08. The normalized spacial score (nSPS) is 23.5. The Morgan fingerprint density at radius 3 is 2.65 bits per heavy atom. The molecule has 1 aromatic carbocycles. The van der Waals surface area contributed by atoms with E-state index < -0.39 is 0 Å². The molecule has 2 aliphatic heterocycles. The van der Waals surface area contributed by atoms with Gasteiger partial charge in [0.25, 0.3) is 0 Å². The molecule has 0 aliphatic carbocycles. The van der Waals surface area contributed by atoms with Gasteiger partial charge >= 0.3 is 0 Å². The van der Waals surface area contributed by atoms with Crippen LogP contribution in [-0.4, -0.2) is 59.9 Å². The Kier molecular flexibility index (Phi) is 4.63. The van der Waals surface area contributed by atoms with Crippen molar-refractivity contribution in [2.75, 3.05) is 44.2 Å². The second kappa shape index (κ2) is 7.07. The predicted molar refractivity (Wildman–Crippen MR) is 97.5 cm³/mol. The van der Waals surface area contributed by atoms with Crippen molar-refractivity contribution in [3.05, 3.63) is 48.0 Å². The Morgan fingerprint density at radius 1 is 1.19 bits per heavy atom. The number of para-hydroxylation sites is 1. The van der Waals surface area contributed by atoms with Gasteiger partial charge < -0.3 is 15.1 Å². The number of anilines is 1. The lowest BCUT2D eigenvalue weighted by molar-refractivity contribution is -0.135. The van der Waals surface area contributed by atoms with Crippen molar-refractivity contribution in [2.24, 2.45) is 13.0 Å². The number of piperazine rings is 1. The van der Waals surface area contributed by atoms with Gasteiger partial charge in [-0.25, -0.2) is 4.39 Å². The summed E-state index contributed by atoms with van der Waals surface area (Å²) in [6.45, 7) is 4.07. The molecule has 2 atom stereocenters. The summed E-state index contributed by atoms with van der Waals surface area (Å²) in [5, 5.41) is 7.59. The van der Waals surface area contributed by atoms with Gasteiger partial charge in [0.1, 0.15) is 5.82 Å². The standard InChI is InChI=1S/C19H24FN5O/c1-23-13-14(10-22-23)15-11-21-12-16(15)19(26)25-8-6-24(7-9-25)18-5-3-2-4-17(18)20/h2-5,10,13,15-16,21H,6-9,11-12H2,1H3/t15-,16+/m1/s1. The van der Waals surface area contributed by atoms with Gasteiger partial charge in [0.2, 0.25) is 5.91 Å². The summed E-state index contributed by atoms with van der Waals surface area (Å²) in [5.41, 5.74) is 1.73. The molecule has 0 spiro atoms. The molecule has 4 rings (SSSR count). The lowest BCUT2D eigenvalue weighted by Gasteiger charge is -2.37. The molecule has 138 valence electrons. The van der Waals surface area contributed by atoms with Gasteiger partial charge in [0.15, 0.2) is 0 Å². The third-order valence-corrected chi connectivity index (χ3v) is 5.47. The van der Waals surface area contributed by atoms with Gasteiger partial charge in [-0.15, -0.1) is 0 Å². The molecule has 0 radical (unpaired) electrons. The molecule has 26 heavy (non-hydrogen) atoms. The van der Waals surface area contributed by atoms with Crippen molar-refractivity contribution in [1.29, 1.82) is 0 Å². The summed E-state index contributed by atoms with van der Waals surface area (Å²) < 4.78 is 15.8. The molecule has 2 fully saturated rings. The highest BCUT2D eigenvalue weighted by Gasteiger charge is 2.37. The topological polar surface area (TPSA) is 53.4 Å². The van der Waals surface area contributed by atoms with Gasteiger partial charge in [0, 0.05) is 58.4 Å². The molecule has 0 bridgehead atoms. The molecular formula is C19H24FN5O. The summed E-state index contributed by atoms with van der Waals surface area (Å²) in [6.07, 6.45) is 3.85. The van der Waals surface area contributed by atoms with E-state index in [1.165, 1.54) is 6.07 Å². The highest BCUT2D eigenvalue weighted by atomic mass is 19.1. The van der Waals surface area contributed by atoms with E-state index in [-0.39, 0.29) is 23.6 Å². The lowest BCUT2D eigenvalue weighted by Crippen LogP contribution is -2.51. The van der Waals surface area contributed by atoms with Crippen LogP contribution in [0.4, 0.5) is 10.1 Å². The molecule has 3 heterocycles. The largest absolute Gasteiger partial charge is 0.366 e. The summed E-state index contributed by atoms with van der Waals surface area (Å²) in [6, 6.07) is 6.82. The van der Waals surface area contributed by atoms with E-state index >= 15 is 0 Å². The van der Waals surface area contributed by atoms with Crippen LogP contribution in [0.15, 0.2) is 36.7 Å². The molecule has 1 aromatic heterocycles. The molecule has 0 saturated carbocycles. The minimum Gasteiger partial charge on any atom is -0.366 e. The molecule has 1 N–H and O–H groups in total. The fraction of sp³-hybridized carbons (Fsp3) is 0.474. The Morgan fingerprint density at radius 2 is 1.96 bits per heavy atom. The number of aromatic nitrogens is 2. The minimum absolute atomic E-state index is 0.0563. The number of nitrogens with one attached hydrogen (secondary N) is 1. The van der Waals surface area contributed by atoms with Crippen LogP contribution in [0.25, 0.3) is 0 Å². The quantitative estimate of drug-likeness (QED) is 0.897. The van der Waals surface area contributed by atoms with Crippen LogP contribution in [0.3, 0.4) is 0 Å². The summed E-state index contributed by atoms with van der Waals surface area (Å²) in [4.78, 5) is 17.0. The van der Waals surface area contributed by atoms with Crippen LogP contribution in [0.1, 0.15) is 11.5 Å². The Labute approximate surface area is 152 Å². The number of halogens is 1. The van der Waals surface area contributed by atoms with Crippen molar-refractivity contribution in [2.45, 2.75) is 5.92 Å². The third-order valence-electron chi connectivity index (χ3n) is 5.47. The number of rotatable bonds is 3. The van der Waals surface area contributed by atoms with Crippen molar-refractivity contribution in [3.63, 3.8) is 0 Å². The SMILES string of the molecule is Cn1cc([C@H]2CNC[C@@H]2C(=O)N2CCN(c3ccccc3F)CC2)cn1. The molecule has 7 heteroatoms. The van der Waals surface area contributed by atoms with E-state index in [2.05, 4.69) is 10.4 Å². The van der Waals surface area contributed by atoms with Crippen LogP contribution in [0.5, 0.6) is 0 Å². The summed E-state index contributed by atoms with van der Waals surface area (Å²) >= 11 is 0. The van der Waals surface area contributed by atoms with E-state index in [1.54, 1.807) is 16.8 Å². The molecule has 6 nitrogen and oxygen atoms in total. The van der Waals surface area contributed by atoms with E-state index in [0.29, 0.717) is 38.4 Å². The number of hydrogen-bond acceptors (Lipinski definition) is 4. The van der Waals surface area contributed by atoms with Crippen molar-refractivity contribution >= 4 is 11.6 Å². The average molecular weight is 357 g/mol. The van der Waals surface area contributed by atoms with Gasteiger partial charge in [0.05, 0.1) is 17.8 Å². The first-order chi connectivity index (χ1) is 12.6. The zero-order valence-corrected chi connectivity index (χ0v) is 14.9. The van der Waals surface area contributed by atoms with Gasteiger partial charge in [-0.1, -0.05) is 12.1 Å². The summed E-state index contributed by atoms with van der Waals surface area (Å²) in [7, 11) is 1.89. The third kappa shape index (κ3) is 3.19. The first-order valence-corrected chi connectivity index (χ1v) is 9.11. The number of hydrogen-bond donors (Lipinski definition) is 1. The number of benzene rings is 1. The molecule has 0 unspecified atom stereocenters. The highest BCUT2D eigenvalue weighted by molar-refractivity contribution is 5.81. The van der Waals surface area contributed by atoms with Crippen molar-refractivity contribution < 1.29 is 9.18 Å². The maximum absolute atomic E-state index is 14.0. The Balaban J connectivity index is 1.41. The van der Waals surface area contributed by atoms with Crippen molar-refractivity contribution in [3.8, 4) is 0 Å². The number of nitrogens with zero attached hydrogens (tertiary/aromatic N) is 4. The van der Waals surface area contributed by atoms with Gasteiger partial charge in [-0.05, 0) is 17.7 Å². The predicted octanol–water partition coefficient (Wildman–Crippen LogP) is 1.21.